The van der Waals surface area contributed by atoms with Crippen LogP contribution in [0.25, 0.3) is 5.57 Å². The number of fused-ring (bicyclic) bond motifs is 1. The standard InChI is InChI=1S/C22H24N2O3/c25-20(23-13-10-17(11-14-23)16-6-2-1-3-7-16)12-15-24-21(26)18-8-4-5-9-19(18)22(24)27/h1-7,10,18-19H,8-9,11-15H2. The first kappa shape index (κ1) is 17.7. The molecule has 0 spiro atoms. The molecule has 2 unspecified atom stereocenters. The number of allylic oxidation sites excluding steroid dienone is 2. The summed E-state index contributed by atoms with van der Waals surface area (Å²) in [6.45, 7) is 1.46. The lowest BCUT2D eigenvalue weighted by Gasteiger charge is -2.27. The van der Waals surface area contributed by atoms with Crippen LogP contribution in [0.2, 0.25) is 0 Å². The molecule has 5 heteroatoms. The molecule has 140 valence electrons. The highest BCUT2D eigenvalue weighted by molar-refractivity contribution is 6.05. The van der Waals surface area contributed by atoms with Crippen molar-refractivity contribution in [2.45, 2.75) is 25.7 Å². The van der Waals surface area contributed by atoms with Gasteiger partial charge < -0.3 is 4.90 Å². The van der Waals surface area contributed by atoms with E-state index < -0.39 is 0 Å². The summed E-state index contributed by atoms with van der Waals surface area (Å²) in [7, 11) is 0. The topological polar surface area (TPSA) is 57.7 Å². The molecule has 1 saturated heterocycles. The Morgan fingerprint density at radius 3 is 2.26 bits per heavy atom. The maximum atomic E-state index is 12.6. The second kappa shape index (κ2) is 7.51. The number of carbonyl (C=O) groups is 3. The van der Waals surface area contributed by atoms with E-state index in [0.717, 1.165) is 6.42 Å². The van der Waals surface area contributed by atoms with Crippen LogP contribution < -0.4 is 0 Å². The number of hydrogen-bond acceptors (Lipinski definition) is 3. The molecule has 1 aromatic carbocycles. The summed E-state index contributed by atoms with van der Waals surface area (Å²) in [5.41, 5.74) is 2.47. The first-order chi connectivity index (χ1) is 13.1. The molecular weight excluding hydrogens is 340 g/mol. The van der Waals surface area contributed by atoms with Crippen molar-refractivity contribution >= 4 is 23.3 Å². The molecule has 0 N–H and O–H groups in total. The minimum absolute atomic E-state index is 0.00644. The van der Waals surface area contributed by atoms with Gasteiger partial charge in [-0.2, -0.15) is 0 Å². The lowest BCUT2D eigenvalue weighted by Crippen LogP contribution is -2.39. The Labute approximate surface area is 159 Å². The maximum absolute atomic E-state index is 12.6. The van der Waals surface area contributed by atoms with Gasteiger partial charge in [0.2, 0.25) is 17.7 Å². The lowest BCUT2D eigenvalue weighted by molar-refractivity contribution is -0.140. The fourth-order valence-corrected chi connectivity index (χ4v) is 4.27. The normalized spacial score (nSPS) is 24.8. The molecule has 0 bridgehead atoms. The smallest absolute Gasteiger partial charge is 0.233 e. The van der Waals surface area contributed by atoms with E-state index in [2.05, 4.69) is 18.2 Å². The van der Waals surface area contributed by atoms with Gasteiger partial charge in [-0.1, -0.05) is 48.6 Å². The van der Waals surface area contributed by atoms with E-state index >= 15 is 0 Å². The van der Waals surface area contributed by atoms with Crippen molar-refractivity contribution in [3.8, 4) is 0 Å². The highest BCUT2D eigenvalue weighted by Gasteiger charge is 2.47. The summed E-state index contributed by atoms with van der Waals surface area (Å²) in [6, 6.07) is 10.2. The molecule has 0 radical (unpaired) electrons. The average Bonchev–Trinajstić information content (AvgIpc) is 2.97. The van der Waals surface area contributed by atoms with Crippen molar-refractivity contribution in [2.24, 2.45) is 11.8 Å². The van der Waals surface area contributed by atoms with Crippen LogP contribution in [0.15, 0.2) is 48.6 Å². The number of carbonyl (C=O) groups excluding carboxylic acids is 3. The number of hydrogen-bond donors (Lipinski definition) is 0. The van der Waals surface area contributed by atoms with Gasteiger partial charge in [0, 0.05) is 26.1 Å². The van der Waals surface area contributed by atoms with Crippen molar-refractivity contribution in [1.82, 2.24) is 9.80 Å². The molecule has 1 aliphatic carbocycles. The number of amides is 3. The van der Waals surface area contributed by atoms with Crippen LogP contribution >= 0.6 is 0 Å². The van der Waals surface area contributed by atoms with E-state index in [9.17, 15) is 14.4 Å². The Bertz CT molecular complexity index is 786. The van der Waals surface area contributed by atoms with Gasteiger partial charge in [-0.05, 0) is 30.4 Å². The number of benzene rings is 1. The molecular formula is C22H24N2O3. The van der Waals surface area contributed by atoms with Gasteiger partial charge in [-0.15, -0.1) is 0 Å². The first-order valence-corrected chi connectivity index (χ1v) is 9.67. The molecule has 3 aliphatic rings. The van der Waals surface area contributed by atoms with Crippen molar-refractivity contribution in [1.29, 1.82) is 0 Å². The quantitative estimate of drug-likeness (QED) is 0.610. The van der Waals surface area contributed by atoms with E-state index in [1.807, 2.05) is 35.3 Å². The summed E-state index contributed by atoms with van der Waals surface area (Å²) in [5, 5.41) is 0. The summed E-state index contributed by atoms with van der Waals surface area (Å²) in [5.74, 6) is -0.640. The zero-order valence-corrected chi connectivity index (χ0v) is 15.3. The Morgan fingerprint density at radius 1 is 1.00 bits per heavy atom. The third kappa shape index (κ3) is 3.46. The van der Waals surface area contributed by atoms with Gasteiger partial charge in [0.25, 0.3) is 0 Å². The maximum Gasteiger partial charge on any atom is 0.233 e. The molecule has 2 heterocycles. The predicted octanol–water partition coefficient (Wildman–Crippen LogP) is 2.64. The Hall–Kier alpha value is -2.69. The highest BCUT2D eigenvalue weighted by Crippen LogP contribution is 2.35. The predicted molar refractivity (Wildman–Crippen MR) is 102 cm³/mol. The van der Waals surface area contributed by atoms with Gasteiger partial charge in [-0.3, -0.25) is 19.3 Å². The molecule has 27 heavy (non-hydrogen) atoms. The number of nitrogens with zero attached hydrogens (tertiary/aromatic N) is 2. The Balaban J connectivity index is 1.32. The number of imide groups is 1. The van der Waals surface area contributed by atoms with Crippen LogP contribution in [0.4, 0.5) is 0 Å². The van der Waals surface area contributed by atoms with Crippen molar-refractivity contribution in [2.75, 3.05) is 19.6 Å². The van der Waals surface area contributed by atoms with Gasteiger partial charge in [-0.25, -0.2) is 0 Å². The molecule has 2 atom stereocenters. The summed E-state index contributed by atoms with van der Waals surface area (Å²) in [4.78, 5) is 40.6. The van der Waals surface area contributed by atoms with Crippen LogP contribution in [0.1, 0.15) is 31.2 Å². The second-order valence-electron chi connectivity index (χ2n) is 7.42. The van der Waals surface area contributed by atoms with E-state index in [-0.39, 0.29) is 42.5 Å². The zero-order chi connectivity index (χ0) is 18.8. The second-order valence-corrected chi connectivity index (χ2v) is 7.42. The van der Waals surface area contributed by atoms with E-state index in [0.29, 0.717) is 25.9 Å². The first-order valence-electron chi connectivity index (χ1n) is 9.67. The summed E-state index contributed by atoms with van der Waals surface area (Å²) >= 11 is 0. The van der Waals surface area contributed by atoms with Crippen molar-refractivity contribution < 1.29 is 14.4 Å². The summed E-state index contributed by atoms with van der Waals surface area (Å²) in [6.07, 6.45) is 8.36. The molecule has 0 aromatic heterocycles. The third-order valence-corrected chi connectivity index (χ3v) is 5.85. The van der Waals surface area contributed by atoms with E-state index in [1.54, 1.807) is 0 Å². The molecule has 4 rings (SSSR count). The zero-order valence-electron chi connectivity index (χ0n) is 15.3. The van der Waals surface area contributed by atoms with E-state index in [1.165, 1.54) is 16.0 Å². The number of likely N-dealkylation sites (tertiary alicyclic amines) is 1. The average molecular weight is 364 g/mol. The van der Waals surface area contributed by atoms with Crippen LogP contribution in [0.5, 0.6) is 0 Å². The Morgan fingerprint density at radius 2 is 1.67 bits per heavy atom. The van der Waals surface area contributed by atoms with Gasteiger partial charge in [0.05, 0.1) is 11.8 Å². The fraction of sp³-hybridized carbons (Fsp3) is 0.409. The summed E-state index contributed by atoms with van der Waals surface area (Å²) < 4.78 is 0. The van der Waals surface area contributed by atoms with Crippen molar-refractivity contribution in [3.05, 3.63) is 54.1 Å². The van der Waals surface area contributed by atoms with Gasteiger partial charge >= 0.3 is 0 Å². The molecule has 0 saturated carbocycles. The monoisotopic (exact) mass is 364 g/mol. The lowest BCUT2D eigenvalue weighted by atomic mass is 9.85. The molecule has 1 aromatic rings. The molecule has 2 aliphatic heterocycles. The highest BCUT2D eigenvalue weighted by atomic mass is 16.2. The minimum atomic E-state index is -0.219. The number of rotatable bonds is 4. The van der Waals surface area contributed by atoms with Crippen LogP contribution in [-0.2, 0) is 14.4 Å². The third-order valence-electron chi connectivity index (χ3n) is 5.85. The molecule has 5 nitrogen and oxygen atoms in total. The molecule has 1 fully saturated rings. The van der Waals surface area contributed by atoms with Crippen LogP contribution in [0.3, 0.4) is 0 Å². The fourth-order valence-electron chi connectivity index (χ4n) is 4.27. The molecule has 3 amide bonds. The van der Waals surface area contributed by atoms with E-state index in [4.69, 9.17) is 0 Å². The van der Waals surface area contributed by atoms with Crippen molar-refractivity contribution in [3.63, 3.8) is 0 Å². The van der Waals surface area contributed by atoms with Gasteiger partial charge in [0.1, 0.15) is 0 Å². The Kier molecular flexibility index (Phi) is 4.92. The minimum Gasteiger partial charge on any atom is -0.339 e. The SMILES string of the molecule is O=C(CCN1C(=O)C2CC=CCC2C1=O)N1CC=C(c2ccccc2)CC1. The van der Waals surface area contributed by atoms with Crippen LogP contribution in [-0.4, -0.2) is 47.2 Å². The van der Waals surface area contributed by atoms with Crippen LogP contribution in [0, 0.1) is 11.8 Å². The van der Waals surface area contributed by atoms with Gasteiger partial charge in [0.15, 0.2) is 0 Å². The largest absolute Gasteiger partial charge is 0.339 e.